The molecular formula is C21H41IN6O2. The molecule has 0 aromatic heterocycles. The van der Waals surface area contributed by atoms with E-state index in [0.29, 0.717) is 25.9 Å². The van der Waals surface area contributed by atoms with Gasteiger partial charge >= 0.3 is 6.03 Å². The number of carbonyl (C=O) groups excluding carboxylic acids is 2. The van der Waals surface area contributed by atoms with E-state index >= 15 is 0 Å². The second kappa shape index (κ2) is 14.1. The van der Waals surface area contributed by atoms with E-state index in [4.69, 9.17) is 0 Å². The monoisotopic (exact) mass is 536 g/mol. The number of urea groups is 1. The van der Waals surface area contributed by atoms with Crippen LogP contribution in [0.1, 0.15) is 65.7 Å². The topological polar surface area (TPSA) is 89.1 Å². The lowest BCUT2D eigenvalue weighted by Gasteiger charge is -2.20. The van der Waals surface area contributed by atoms with Crippen molar-refractivity contribution in [2.24, 2.45) is 4.99 Å². The minimum absolute atomic E-state index is 0. The molecule has 0 spiro atoms. The molecule has 0 radical (unpaired) electrons. The molecule has 8 nitrogen and oxygen atoms in total. The smallest absolute Gasteiger partial charge is 0.325 e. The first-order chi connectivity index (χ1) is 14.0. The molecule has 2 aliphatic rings. The number of aliphatic imine (C=N–C) groups is 1. The quantitative estimate of drug-likeness (QED) is 0.131. The van der Waals surface area contributed by atoms with Gasteiger partial charge in [-0.15, -0.1) is 24.0 Å². The molecule has 174 valence electrons. The van der Waals surface area contributed by atoms with Gasteiger partial charge in [0.1, 0.15) is 5.54 Å². The Morgan fingerprint density at radius 1 is 1.07 bits per heavy atom. The molecule has 2 aliphatic heterocycles. The van der Waals surface area contributed by atoms with Gasteiger partial charge in [0, 0.05) is 26.2 Å². The summed E-state index contributed by atoms with van der Waals surface area (Å²) in [5.74, 6) is 0.673. The molecule has 1 atom stereocenters. The number of hydrogen-bond acceptors (Lipinski definition) is 4. The molecular weight excluding hydrogens is 495 g/mol. The van der Waals surface area contributed by atoms with Crippen LogP contribution in [0.3, 0.4) is 0 Å². The number of guanidine groups is 1. The Labute approximate surface area is 199 Å². The fourth-order valence-corrected chi connectivity index (χ4v) is 3.82. The van der Waals surface area contributed by atoms with Gasteiger partial charge in [-0.25, -0.2) is 4.79 Å². The highest BCUT2D eigenvalue weighted by molar-refractivity contribution is 14.0. The Balaban J connectivity index is 0.00000450. The van der Waals surface area contributed by atoms with E-state index in [1.807, 2.05) is 13.8 Å². The molecule has 0 aromatic rings. The normalized spacial score (nSPS) is 23.0. The highest BCUT2D eigenvalue weighted by Crippen LogP contribution is 2.20. The minimum Gasteiger partial charge on any atom is -0.357 e. The van der Waals surface area contributed by atoms with E-state index in [9.17, 15) is 9.59 Å². The van der Waals surface area contributed by atoms with E-state index in [2.05, 4.69) is 25.8 Å². The SMILES string of the molecule is CCNC(=NCCCN1C(=O)NC(C)(CC)C1=O)NCCCN1CCCCCC1.I. The molecule has 0 aromatic carbocycles. The van der Waals surface area contributed by atoms with Gasteiger partial charge in [0.25, 0.3) is 5.91 Å². The van der Waals surface area contributed by atoms with Crippen LogP contribution in [0.25, 0.3) is 0 Å². The Bertz CT molecular complexity index is 566. The van der Waals surface area contributed by atoms with Crippen LogP contribution in [0.5, 0.6) is 0 Å². The fourth-order valence-electron chi connectivity index (χ4n) is 3.82. The van der Waals surface area contributed by atoms with Gasteiger partial charge in [-0.05, 0) is 65.6 Å². The van der Waals surface area contributed by atoms with Crippen molar-refractivity contribution in [1.29, 1.82) is 0 Å². The molecule has 2 heterocycles. The molecule has 0 bridgehead atoms. The summed E-state index contributed by atoms with van der Waals surface area (Å²) in [5, 5.41) is 9.45. The standard InChI is InChI=1S/C21H40N6O2.HI/c1-4-21(3)18(28)27(20(29)25-21)17-11-13-24-19(22-5-2)23-12-10-16-26-14-8-6-7-9-15-26;/h4-17H2,1-3H3,(H,25,29)(H2,22,23,24);1H. The molecule has 2 rings (SSSR count). The first-order valence-corrected chi connectivity index (χ1v) is 11.4. The van der Waals surface area contributed by atoms with Crippen molar-refractivity contribution >= 4 is 41.9 Å². The molecule has 0 aliphatic carbocycles. The van der Waals surface area contributed by atoms with Crippen LogP contribution < -0.4 is 16.0 Å². The van der Waals surface area contributed by atoms with Crippen LogP contribution in [0.15, 0.2) is 4.99 Å². The minimum atomic E-state index is -0.760. The summed E-state index contributed by atoms with van der Waals surface area (Å²) in [4.78, 5) is 32.9. The van der Waals surface area contributed by atoms with Crippen molar-refractivity contribution < 1.29 is 9.59 Å². The zero-order chi connectivity index (χ0) is 21.1. The maximum Gasteiger partial charge on any atom is 0.325 e. The number of hydrogen-bond donors (Lipinski definition) is 3. The van der Waals surface area contributed by atoms with Crippen molar-refractivity contribution in [2.75, 3.05) is 45.8 Å². The lowest BCUT2D eigenvalue weighted by atomic mass is 9.99. The summed E-state index contributed by atoms with van der Waals surface area (Å²) in [6.45, 7) is 12.0. The second-order valence-electron chi connectivity index (χ2n) is 8.22. The van der Waals surface area contributed by atoms with Gasteiger partial charge in [-0.2, -0.15) is 0 Å². The third kappa shape index (κ3) is 8.20. The molecule has 30 heavy (non-hydrogen) atoms. The maximum atomic E-state index is 12.4. The number of rotatable bonds is 10. The number of imide groups is 1. The van der Waals surface area contributed by atoms with E-state index in [0.717, 1.165) is 32.0 Å². The average Bonchev–Trinajstić information content (AvgIpc) is 2.89. The van der Waals surface area contributed by atoms with Crippen LogP contribution in [-0.2, 0) is 4.79 Å². The van der Waals surface area contributed by atoms with Gasteiger partial charge in [0.05, 0.1) is 0 Å². The summed E-state index contributed by atoms with van der Waals surface area (Å²) in [6.07, 6.45) is 7.74. The summed E-state index contributed by atoms with van der Waals surface area (Å²) < 4.78 is 0. The highest BCUT2D eigenvalue weighted by atomic mass is 127. The predicted molar refractivity (Wildman–Crippen MR) is 132 cm³/mol. The molecule has 3 N–H and O–H groups in total. The number of halogens is 1. The second-order valence-corrected chi connectivity index (χ2v) is 8.22. The van der Waals surface area contributed by atoms with E-state index in [-0.39, 0.29) is 35.9 Å². The number of nitrogens with zero attached hydrogens (tertiary/aromatic N) is 3. The Morgan fingerprint density at radius 3 is 2.37 bits per heavy atom. The summed E-state index contributed by atoms with van der Waals surface area (Å²) >= 11 is 0. The number of nitrogens with one attached hydrogen (secondary N) is 3. The van der Waals surface area contributed by atoms with Gasteiger partial charge in [0.2, 0.25) is 0 Å². The van der Waals surface area contributed by atoms with Crippen molar-refractivity contribution in [2.45, 2.75) is 71.3 Å². The van der Waals surface area contributed by atoms with Crippen molar-refractivity contribution in [3.8, 4) is 0 Å². The summed E-state index contributed by atoms with van der Waals surface area (Å²) in [6, 6.07) is -0.290. The van der Waals surface area contributed by atoms with Crippen molar-refractivity contribution in [1.82, 2.24) is 25.8 Å². The fraction of sp³-hybridized carbons (Fsp3) is 0.857. The number of likely N-dealkylation sites (tertiary alicyclic amines) is 1. The molecule has 2 saturated heterocycles. The third-order valence-corrected chi connectivity index (χ3v) is 5.85. The largest absolute Gasteiger partial charge is 0.357 e. The first-order valence-electron chi connectivity index (χ1n) is 11.4. The van der Waals surface area contributed by atoms with Crippen LogP contribution in [0.4, 0.5) is 4.79 Å². The number of amides is 3. The van der Waals surface area contributed by atoms with Crippen molar-refractivity contribution in [3.05, 3.63) is 0 Å². The molecule has 0 saturated carbocycles. The van der Waals surface area contributed by atoms with Gasteiger partial charge in [-0.3, -0.25) is 14.7 Å². The Kier molecular flexibility index (Phi) is 12.6. The molecule has 3 amide bonds. The van der Waals surface area contributed by atoms with E-state index < -0.39 is 5.54 Å². The predicted octanol–water partition coefficient (Wildman–Crippen LogP) is 2.54. The van der Waals surface area contributed by atoms with Crippen LogP contribution in [0.2, 0.25) is 0 Å². The molecule has 2 fully saturated rings. The number of carbonyl (C=O) groups is 2. The summed E-state index contributed by atoms with van der Waals surface area (Å²) in [5.41, 5.74) is -0.760. The maximum absolute atomic E-state index is 12.4. The first kappa shape index (κ1) is 26.9. The van der Waals surface area contributed by atoms with Gasteiger partial charge in [-0.1, -0.05) is 19.8 Å². The zero-order valence-corrected chi connectivity index (χ0v) is 21.3. The average molecular weight is 537 g/mol. The Hall–Kier alpha value is -1.10. The van der Waals surface area contributed by atoms with Gasteiger partial charge in [0.15, 0.2) is 5.96 Å². The lowest BCUT2D eigenvalue weighted by molar-refractivity contribution is -0.130. The van der Waals surface area contributed by atoms with Crippen molar-refractivity contribution in [3.63, 3.8) is 0 Å². The molecule has 1 unspecified atom stereocenters. The van der Waals surface area contributed by atoms with E-state index in [1.165, 1.54) is 43.7 Å². The van der Waals surface area contributed by atoms with Crippen LogP contribution in [-0.4, -0.2) is 79.0 Å². The lowest BCUT2D eigenvalue weighted by Crippen LogP contribution is -2.43. The van der Waals surface area contributed by atoms with E-state index in [1.54, 1.807) is 6.92 Å². The van der Waals surface area contributed by atoms with Gasteiger partial charge < -0.3 is 20.9 Å². The summed E-state index contributed by atoms with van der Waals surface area (Å²) in [7, 11) is 0. The van der Waals surface area contributed by atoms with Crippen LogP contribution >= 0.6 is 24.0 Å². The molecule has 9 heteroatoms. The van der Waals surface area contributed by atoms with Crippen LogP contribution in [0, 0.1) is 0 Å². The zero-order valence-electron chi connectivity index (χ0n) is 19.0. The Morgan fingerprint density at radius 2 is 1.77 bits per heavy atom. The highest BCUT2D eigenvalue weighted by Gasteiger charge is 2.45. The third-order valence-electron chi connectivity index (χ3n) is 5.85.